The minimum absolute atomic E-state index is 0.273. The van der Waals surface area contributed by atoms with E-state index in [4.69, 9.17) is 0 Å². The summed E-state index contributed by atoms with van der Waals surface area (Å²) in [6.45, 7) is 3.20. The van der Waals surface area contributed by atoms with Crippen LogP contribution in [0.25, 0.3) is 0 Å². The highest BCUT2D eigenvalue weighted by Crippen LogP contribution is 2.56. The summed E-state index contributed by atoms with van der Waals surface area (Å²) in [7, 11) is -2.82. The first kappa shape index (κ1) is 12.4. The van der Waals surface area contributed by atoms with Crippen molar-refractivity contribution in [3.05, 3.63) is 34.3 Å². The molecule has 2 heterocycles. The summed E-state index contributed by atoms with van der Waals surface area (Å²) in [5.74, 6) is -0.273. The van der Waals surface area contributed by atoms with Crippen LogP contribution in [-0.4, -0.2) is 41.4 Å². The Bertz CT molecular complexity index is 510. The molecule has 2 aliphatic rings. The Hall–Kier alpha value is -0.680. The van der Waals surface area contributed by atoms with Gasteiger partial charge in [-0.1, -0.05) is 15.9 Å². The van der Waals surface area contributed by atoms with Crippen LogP contribution in [0.15, 0.2) is 28.7 Å². The van der Waals surface area contributed by atoms with E-state index < -0.39 is 7.59 Å². The SMILES string of the molecule is O=C(NP(=O)(N1CC1)N1CC1)c1ccc(Br)cc1. The molecule has 2 saturated heterocycles. The van der Waals surface area contributed by atoms with Crippen molar-refractivity contribution in [1.82, 2.24) is 14.4 Å². The van der Waals surface area contributed by atoms with Crippen molar-refractivity contribution in [2.75, 3.05) is 26.2 Å². The smallest absolute Gasteiger partial charge is 0.279 e. The van der Waals surface area contributed by atoms with Crippen LogP contribution in [0.4, 0.5) is 0 Å². The number of carbonyl (C=O) groups excluding carboxylic acids is 1. The molecule has 0 atom stereocenters. The van der Waals surface area contributed by atoms with E-state index in [1.165, 1.54) is 0 Å². The predicted molar refractivity (Wildman–Crippen MR) is 72.4 cm³/mol. The van der Waals surface area contributed by atoms with Gasteiger partial charge in [0.15, 0.2) is 0 Å². The number of hydrogen-bond donors (Lipinski definition) is 1. The quantitative estimate of drug-likeness (QED) is 0.677. The summed E-state index contributed by atoms with van der Waals surface area (Å²) in [5.41, 5.74) is 0.530. The second-order valence-corrected chi connectivity index (χ2v) is 7.76. The number of carbonyl (C=O) groups is 1. The molecule has 96 valence electrons. The molecule has 7 heteroatoms. The minimum atomic E-state index is -2.82. The standard InChI is InChI=1S/C11H13BrN3O2P/c12-10-3-1-9(2-4-10)11(16)13-18(17,14-5-6-14)15-7-8-15/h1-4H,5-8H2,(H,13,16,17). The van der Waals surface area contributed by atoms with E-state index in [1.807, 2.05) is 9.34 Å². The summed E-state index contributed by atoms with van der Waals surface area (Å²) >= 11 is 3.32. The predicted octanol–water partition coefficient (Wildman–Crippen LogP) is 1.92. The zero-order chi connectivity index (χ0) is 12.8. The molecule has 0 unspecified atom stereocenters. The lowest BCUT2D eigenvalue weighted by molar-refractivity contribution is 0.0977. The van der Waals surface area contributed by atoms with E-state index in [1.54, 1.807) is 24.3 Å². The van der Waals surface area contributed by atoms with Crippen LogP contribution in [0.2, 0.25) is 0 Å². The van der Waals surface area contributed by atoms with Gasteiger partial charge in [-0.25, -0.2) is 9.34 Å². The molecule has 0 radical (unpaired) electrons. The molecule has 3 rings (SSSR count). The second kappa shape index (κ2) is 4.46. The third-order valence-corrected chi connectivity index (χ3v) is 6.32. The lowest BCUT2D eigenvalue weighted by Gasteiger charge is -2.20. The average molecular weight is 330 g/mol. The number of halogens is 1. The van der Waals surface area contributed by atoms with Gasteiger partial charge < -0.3 is 0 Å². The Kier molecular flexibility index (Phi) is 3.06. The molecule has 0 aliphatic carbocycles. The fraction of sp³-hybridized carbons (Fsp3) is 0.364. The largest absolute Gasteiger partial charge is 0.311 e. The topological polar surface area (TPSA) is 52.2 Å². The van der Waals surface area contributed by atoms with Gasteiger partial charge in [-0.3, -0.25) is 14.4 Å². The normalized spacial score (nSPS) is 19.6. The number of nitrogens with one attached hydrogen (secondary N) is 1. The zero-order valence-electron chi connectivity index (χ0n) is 9.67. The van der Waals surface area contributed by atoms with E-state index >= 15 is 0 Å². The maximum Gasteiger partial charge on any atom is 0.311 e. The Morgan fingerprint density at radius 1 is 1.11 bits per heavy atom. The molecule has 2 aliphatic heterocycles. The average Bonchev–Trinajstić information content (AvgIpc) is 3.18. The van der Waals surface area contributed by atoms with E-state index in [-0.39, 0.29) is 5.91 Å². The molecule has 5 nitrogen and oxygen atoms in total. The van der Waals surface area contributed by atoms with Crippen LogP contribution < -0.4 is 5.09 Å². The maximum absolute atomic E-state index is 12.7. The first-order valence-electron chi connectivity index (χ1n) is 5.79. The van der Waals surface area contributed by atoms with Crippen molar-refractivity contribution in [2.45, 2.75) is 0 Å². The molecule has 2 fully saturated rings. The fourth-order valence-electron chi connectivity index (χ4n) is 1.75. The second-order valence-electron chi connectivity index (χ2n) is 4.40. The van der Waals surface area contributed by atoms with Crippen LogP contribution in [0.5, 0.6) is 0 Å². The zero-order valence-corrected chi connectivity index (χ0v) is 12.2. The molecular weight excluding hydrogens is 317 g/mol. The van der Waals surface area contributed by atoms with Gasteiger partial charge in [0.25, 0.3) is 5.91 Å². The van der Waals surface area contributed by atoms with E-state index in [9.17, 15) is 9.36 Å². The maximum atomic E-state index is 12.7. The summed E-state index contributed by atoms with van der Waals surface area (Å²) in [6.07, 6.45) is 0. The first-order valence-corrected chi connectivity index (χ1v) is 8.19. The van der Waals surface area contributed by atoms with Gasteiger partial charge in [0.1, 0.15) is 0 Å². The van der Waals surface area contributed by atoms with Crippen molar-refractivity contribution in [2.24, 2.45) is 0 Å². The van der Waals surface area contributed by atoms with Crippen molar-refractivity contribution < 1.29 is 9.36 Å². The summed E-state index contributed by atoms with van der Waals surface area (Å²) < 4.78 is 17.3. The van der Waals surface area contributed by atoms with Gasteiger partial charge in [0.05, 0.1) is 0 Å². The van der Waals surface area contributed by atoms with Gasteiger partial charge >= 0.3 is 7.59 Å². The minimum Gasteiger partial charge on any atom is -0.279 e. The van der Waals surface area contributed by atoms with Gasteiger partial charge in [0, 0.05) is 36.2 Å². The molecule has 0 bridgehead atoms. The first-order chi connectivity index (χ1) is 8.59. The molecule has 1 aromatic rings. The van der Waals surface area contributed by atoms with Gasteiger partial charge in [0.2, 0.25) is 0 Å². The van der Waals surface area contributed by atoms with Gasteiger partial charge in [-0.2, -0.15) is 0 Å². The van der Waals surface area contributed by atoms with E-state index in [0.29, 0.717) is 5.56 Å². The molecule has 1 N–H and O–H groups in total. The highest BCUT2D eigenvalue weighted by Gasteiger charge is 2.49. The molecular formula is C11H13BrN3O2P. The third kappa shape index (κ3) is 2.38. The lowest BCUT2D eigenvalue weighted by Crippen LogP contribution is -2.27. The highest BCUT2D eigenvalue weighted by atomic mass is 79.9. The van der Waals surface area contributed by atoms with Crippen LogP contribution >= 0.6 is 23.5 Å². The Morgan fingerprint density at radius 3 is 2.06 bits per heavy atom. The van der Waals surface area contributed by atoms with Crippen LogP contribution in [-0.2, 0) is 4.57 Å². The van der Waals surface area contributed by atoms with Gasteiger partial charge in [-0.05, 0) is 24.3 Å². The van der Waals surface area contributed by atoms with Gasteiger partial charge in [-0.15, -0.1) is 0 Å². The third-order valence-electron chi connectivity index (χ3n) is 2.97. The molecule has 1 aromatic carbocycles. The number of rotatable bonds is 4. The van der Waals surface area contributed by atoms with Crippen LogP contribution in [0, 0.1) is 0 Å². The monoisotopic (exact) mass is 329 g/mol. The summed E-state index contributed by atoms with van der Waals surface area (Å²) in [4.78, 5) is 12.1. The highest BCUT2D eigenvalue weighted by molar-refractivity contribution is 9.10. The summed E-state index contributed by atoms with van der Waals surface area (Å²) in [6, 6.07) is 7.03. The summed E-state index contributed by atoms with van der Waals surface area (Å²) in [5, 5.41) is 2.71. The van der Waals surface area contributed by atoms with Crippen molar-refractivity contribution in [1.29, 1.82) is 0 Å². The number of amides is 1. The van der Waals surface area contributed by atoms with Crippen molar-refractivity contribution in [3.8, 4) is 0 Å². The number of hydrogen-bond acceptors (Lipinski definition) is 2. The Morgan fingerprint density at radius 2 is 1.61 bits per heavy atom. The van der Waals surface area contributed by atoms with Crippen molar-refractivity contribution in [3.63, 3.8) is 0 Å². The molecule has 0 spiro atoms. The molecule has 0 saturated carbocycles. The number of benzene rings is 1. The molecule has 18 heavy (non-hydrogen) atoms. The van der Waals surface area contributed by atoms with E-state index in [2.05, 4.69) is 21.0 Å². The van der Waals surface area contributed by atoms with E-state index in [0.717, 1.165) is 30.7 Å². The lowest BCUT2D eigenvalue weighted by atomic mass is 10.2. The Labute approximate surface area is 114 Å². The molecule has 1 amide bonds. The fourth-order valence-corrected chi connectivity index (χ4v) is 4.31. The van der Waals surface area contributed by atoms with Crippen LogP contribution in [0.1, 0.15) is 10.4 Å². The number of nitrogens with zero attached hydrogens (tertiary/aromatic N) is 2. The molecule has 0 aromatic heterocycles. The van der Waals surface area contributed by atoms with Crippen molar-refractivity contribution >= 4 is 29.4 Å². The van der Waals surface area contributed by atoms with Crippen LogP contribution in [0.3, 0.4) is 0 Å². The Balaban J connectivity index is 1.77.